The van der Waals surface area contributed by atoms with Crippen LogP contribution in [0.15, 0.2) is 24.8 Å². The Morgan fingerprint density at radius 2 is 1.93 bits per heavy atom. The molecule has 0 heterocycles. The minimum atomic E-state index is 0.0784. The van der Waals surface area contributed by atoms with Crippen molar-refractivity contribution in [3.63, 3.8) is 0 Å². The predicted octanol–water partition coefficient (Wildman–Crippen LogP) is 2.35. The average Bonchev–Trinajstić information content (AvgIpc) is 2.22. The zero-order chi connectivity index (χ0) is 12.3. The number of hydrogen-bond acceptors (Lipinski definition) is 3. The van der Waals surface area contributed by atoms with Gasteiger partial charge in [-0.25, -0.2) is 0 Å². The summed E-state index contributed by atoms with van der Waals surface area (Å²) in [6.07, 6.45) is 3.03. The van der Waals surface area contributed by atoms with E-state index in [0.29, 0.717) is 6.42 Å². The van der Waals surface area contributed by atoms with Crippen LogP contribution in [-0.4, -0.2) is 10.2 Å². The zero-order valence-electron chi connectivity index (χ0n) is 8.49. The second-order valence-electron chi connectivity index (χ2n) is 2.42. The van der Waals surface area contributed by atoms with E-state index in [1.807, 2.05) is 0 Å². The van der Waals surface area contributed by atoms with Gasteiger partial charge in [-0.15, -0.1) is 0 Å². The first-order valence-electron chi connectivity index (χ1n) is 4.03. The van der Waals surface area contributed by atoms with Crippen molar-refractivity contribution in [2.45, 2.75) is 13.3 Å². The molecule has 0 radical (unpaired) electrons. The molecule has 0 aliphatic heterocycles. The molecule has 0 aliphatic carbocycles. The molecule has 1 aromatic rings. The molecule has 0 saturated carbocycles. The molecular weight excluding hydrogens is 239 g/mol. The van der Waals surface area contributed by atoms with Gasteiger partial charge in [-0.2, -0.15) is 13.3 Å². The standard InChI is InChI=1S/C8H9O2.C3H5.Co.O/c1-2-6-3-4-7(9)5-8(6)10;1-3-2;;/h3-5,9-10H,1-2H2;1H2,2H3;;/q2*-1;;. The predicted molar refractivity (Wildman–Crippen MR) is 54.1 cm³/mol. The number of rotatable bonds is 1. The molecule has 4 heteroatoms. The molecule has 2 N–H and O–H groups in total. The molecule has 0 unspecified atom stereocenters. The third kappa shape index (κ3) is 7.90. The van der Waals surface area contributed by atoms with Gasteiger partial charge in [0.15, 0.2) is 0 Å². The van der Waals surface area contributed by atoms with Crippen LogP contribution in [0.5, 0.6) is 11.5 Å². The molecular formula is C11H14CoO3-2. The van der Waals surface area contributed by atoms with Crippen molar-refractivity contribution in [3.8, 4) is 11.5 Å². The molecule has 0 spiro atoms. The van der Waals surface area contributed by atoms with Gasteiger partial charge in [-0.1, -0.05) is 6.07 Å². The number of allylic oxidation sites excluding steroid dienone is 1. The molecule has 1 aromatic carbocycles. The van der Waals surface area contributed by atoms with Crippen molar-refractivity contribution in [1.82, 2.24) is 0 Å². The van der Waals surface area contributed by atoms with Gasteiger partial charge in [0.2, 0.25) is 0 Å². The Morgan fingerprint density at radius 1 is 1.47 bits per heavy atom. The van der Waals surface area contributed by atoms with Crippen molar-refractivity contribution in [2.75, 3.05) is 0 Å². The minimum absolute atomic E-state index is 0.0784. The number of phenols is 2. The molecule has 15 heavy (non-hydrogen) atoms. The van der Waals surface area contributed by atoms with Crippen LogP contribution in [0.25, 0.3) is 0 Å². The van der Waals surface area contributed by atoms with E-state index < -0.39 is 0 Å². The van der Waals surface area contributed by atoms with Gasteiger partial charge in [0.25, 0.3) is 0 Å². The van der Waals surface area contributed by atoms with E-state index in [9.17, 15) is 0 Å². The summed E-state index contributed by atoms with van der Waals surface area (Å²) in [5, 5.41) is 17.9. The zero-order valence-corrected chi connectivity index (χ0v) is 9.53. The molecule has 0 saturated heterocycles. The van der Waals surface area contributed by atoms with Gasteiger partial charge in [0, 0.05) is 6.07 Å². The normalized spacial score (nSPS) is 7.67. The van der Waals surface area contributed by atoms with Gasteiger partial charge in [-0.05, 0) is 11.6 Å². The maximum atomic E-state index is 9.09. The number of phenolic OH excluding ortho intramolecular Hbond substituents is 2. The summed E-state index contributed by atoms with van der Waals surface area (Å²) in [7, 11) is 0. The third-order valence-electron chi connectivity index (χ3n) is 1.34. The first kappa shape index (κ1) is 16.3. The molecule has 0 amide bonds. The summed E-state index contributed by atoms with van der Waals surface area (Å²) in [5.41, 5.74) is 0.748. The summed E-state index contributed by atoms with van der Waals surface area (Å²) < 4.78 is 7.94. The van der Waals surface area contributed by atoms with Crippen LogP contribution in [0, 0.1) is 13.0 Å². The molecule has 0 fully saturated rings. The van der Waals surface area contributed by atoms with Crippen LogP contribution < -0.4 is 0 Å². The van der Waals surface area contributed by atoms with E-state index in [-0.39, 0.29) is 11.5 Å². The summed E-state index contributed by atoms with van der Waals surface area (Å²) >= 11 is 2.31. The summed E-state index contributed by atoms with van der Waals surface area (Å²) in [6.45, 7) is 8.60. The van der Waals surface area contributed by atoms with Gasteiger partial charge >= 0.3 is 19.5 Å². The van der Waals surface area contributed by atoms with Crippen molar-refractivity contribution >= 4 is 0 Å². The summed E-state index contributed by atoms with van der Waals surface area (Å²) in [6, 6.07) is 4.48. The van der Waals surface area contributed by atoms with E-state index in [4.69, 9.17) is 14.1 Å². The fourth-order valence-electron chi connectivity index (χ4n) is 0.764. The van der Waals surface area contributed by atoms with Gasteiger partial charge in [-0.3, -0.25) is 6.58 Å². The van der Waals surface area contributed by atoms with Crippen LogP contribution in [0.2, 0.25) is 0 Å². The second kappa shape index (κ2) is 10.9. The first-order valence-corrected chi connectivity index (χ1v) is 4.45. The second-order valence-corrected chi connectivity index (χ2v) is 2.42. The fourth-order valence-corrected chi connectivity index (χ4v) is 0.764. The SMILES string of the molecule is C=[C-]C.[CH2-]Cc1ccc(O)cc1O.[O]=[Co]. The van der Waals surface area contributed by atoms with E-state index >= 15 is 0 Å². The monoisotopic (exact) mass is 253 g/mol. The summed E-state index contributed by atoms with van der Waals surface area (Å²) in [4.78, 5) is 0. The Balaban J connectivity index is 0. The van der Waals surface area contributed by atoms with Crippen molar-refractivity contribution in [2.24, 2.45) is 0 Å². The fraction of sp³-hybridized carbons (Fsp3) is 0.182. The van der Waals surface area contributed by atoms with Crippen molar-refractivity contribution in [1.29, 1.82) is 0 Å². The van der Waals surface area contributed by atoms with Crippen LogP contribution in [0.4, 0.5) is 0 Å². The molecule has 0 aliphatic rings. The Hall–Kier alpha value is -1.13. The van der Waals surface area contributed by atoms with Crippen LogP contribution in [0.3, 0.4) is 0 Å². The molecule has 1 rings (SSSR count). The van der Waals surface area contributed by atoms with Gasteiger partial charge in [0.05, 0.1) is 0 Å². The Labute approximate surface area is 98.2 Å². The number of aromatic hydroxyl groups is 2. The first-order chi connectivity index (χ1) is 7.15. The van der Waals surface area contributed by atoms with Crippen molar-refractivity contribution in [3.05, 3.63) is 43.3 Å². The molecule has 0 aromatic heterocycles. The quantitative estimate of drug-likeness (QED) is 0.755. The molecule has 3 nitrogen and oxygen atoms in total. The Bertz CT molecular complexity index is 287. The van der Waals surface area contributed by atoms with E-state index in [1.54, 1.807) is 13.0 Å². The van der Waals surface area contributed by atoms with Crippen LogP contribution in [0.1, 0.15) is 12.5 Å². The average molecular weight is 253 g/mol. The maximum absolute atomic E-state index is 9.09. The Kier molecular flexibility index (Phi) is 11.9. The molecule has 0 atom stereocenters. The molecule has 0 bridgehead atoms. The van der Waals surface area contributed by atoms with E-state index in [1.165, 1.54) is 12.1 Å². The number of hydrogen-bond donors (Lipinski definition) is 2. The van der Waals surface area contributed by atoms with Gasteiger partial charge < -0.3 is 23.2 Å². The molecule has 87 valence electrons. The van der Waals surface area contributed by atoms with E-state index in [2.05, 4.69) is 35.2 Å². The van der Waals surface area contributed by atoms with Crippen LogP contribution in [-0.2, 0) is 26.0 Å². The third-order valence-corrected chi connectivity index (χ3v) is 1.34. The topological polar surface area (TPSA) is 57.5 Å². The Morgan fingerprint density at radius 3 is 2.27 bits per heavy atom. The van der Waals surface area contributed by atoms with Crippen molar-refractivity contribution < 1.29 is 29.7 Å². The number of benzene rings is 1. The van der Waals surface area contributed by atoms with Crippen LogP contribution >= 0.6 is 0 Å². The summed E-state index contributed by atoms with van der Waals surface area (Å²) in [5.74, 6) is 0.185. The van der Waals surface area contributed by atoms with E-state index in [0.717, 1.165) is 5.56 Å². The van der Waals surface area contributed by atoms with Gasteiger partial charge in [0.1, 0.15) is 11.5 Å².